The second kappa shape index (κ2) is 7.44. The van der Waals surface area contributed by atoms with Crippen molar-refractivity contribution >= 4 is 15.5 Å². The third kappa shape index (κ3) is 4.49. The van der Waals surface area contributed by atoms with Crippen molar-refractivity contribution in [3.63, 3.8) is 0 Å². The van der Waals surface area contributed by atoms with Crippen molar-refractivity contribution in [2.24, 2.45) is 0 Å². The third-order valence-electron chi connectivity index (χ3n) is 4.10. The fourth-order valence-electron chi connectivity index (χ4n) is 2.78. The number of aromatic nitrogens is 1. The van der Waals surface area contributed by atoms with E-state index in [9.17, 15) is 17.2 Å². The lowest BCUT2D eigenvalue weighted by Crippen LogP contribution is -2.14. The Bertz CT molecular complexity index is 1080. The number of benzene rings is 2. The molecule has 1 unspecified atom stereocenters. The Morgan fingerprint density at radius 3 is 2.37 bits per heavy atom. The van der Waals surface area contributed by atoms with Crippen molar-refractivity contribution < 1.29 is 17.2 Å². The van der Waals surface area contributed by atoms with Gasteiger partial charge < -0.3 is 5.32 Å². The Labute approximate surface area is 156 Å². The van der Waals surface area contributed by atoms with Crippen molar-refractivity contribution in [2.45, 2.75) is 17.9 Å². The second-order valence-corrected chi connectivity index (χ2v) is 8.30. The molecule has 3 rings (SSSR count). The molecule has 0 fully saturated rings. The third-order valence-corrected chi connectivity index (χ3v) is 5.21. The lowest BCUT2D eigenvalue weighted by Gasteiger charge is -2.22. The van der Waals surface area contributed by atoms with Crippen molar-refractivity contribution in [1.29, 1.82) is 0 Å². The number of aryl methyl sites for hydroxylation is 1. The van der Waals surface area contributed by atoms with Gasteiger partial charge in [-0.15, -0.1) is 0 Å². The summed E-state index contributed by atoms with van der Waals surface area (Å²) in [5, 5.41) is 3.25. The van der Waals surface area contributed by atoms with Crippen LogP contribution in [0.1, 0.15) is 22.9 Å². The van der Waals surface area contributed by atoms with Gasteiger partial charge in [0, 0.05) is 23.8 Å². The molecule has 27 heavy (non-hydrogen) atoms. The summed E-state index contributed by atoms with van der Waals surface area (Å²) in [5.41, 5.74) is 2.59. The largest absolute Gasteiger partial charge is 0.374 e. The summed E-state index contributed by atoms with van der Waals surface area (Å²) in [5.74, 6) is -1.91. The topological polar surface area (TPSA) is 59.1 Å². The normalized spacial score (nSPS) is 12.6. The van der Waals surface area contributed by atoms with Gasteiger partial charge in [0.15, 0.2) is 21.5 Å². The van der Waals surface area contributed by atoms with E-state index in [1.165, 1.54) is 18.2 Å². The van der Waals surface area contributed by atoms with E-state index in [-0.39, 0.29) is 4.90 Å². The molecule has 1 aromatic heterocycles. The van der Waals surface area contributed by atoms with Crippen molar-refractivity contribution in [3.8, 4) is 0 Å². The quantitative estimate of drug-likeness (QED) is 0.709. The van der Waals surface area contributed by atoms with Crippen LogP contribution in [0, 0.1) is 18.6 Å². The number of hydrogen-bond donors (Lipinski definition) is 1. The number of nitrogens with one attached hydrogen (secondary N) is 1. The van der Waals surface area contributed by atoms with Crippen molar-refractivity contribution in [2.75, 3.05) is 11.6 Å². The molecule has 1 N–H and O–H groups in total. The first kappa shape index (κ1) is 19.0. The molecule has 0 aliphatic heterocycles. The molecule has 0 aliphatic rings. The first-order valence-corrected chi connectivity index (χ1v) is 10.1. The lowest BCUT2D eigenvalue weighted by atomic mass is 9.98. The van der Waals surface area contributed by atoms with Gasteiger partial charge in [0.1, 0.15) is 0 Å². The number of nitrogens with zero attached hydrogens (tertiary/aromatic N) is 1. The molecule has 2 aromatic carbocycles. The van der Waals surface area contributed by atoms with E-state index in [1.54, 1.807) is 24.4 Å². The van der Waals surface area contributed by atoms with Crippen LogP contribution < -0.4 is 5.32 Å². The number of sulfone groups is 1. The predicted molar refractivity (Wildman–Crippen MR) is 100 cm³/mol. The van der Waals surface area contributed by atoms with Crippen LogP contribution in [0.5, 0.6) is 0 Å². The first-order chi connectivity index (χ1) is 12.7. The van der Waals surface area contributed by atoms with E-state index in [4.69, 9.17) is 0 Å². The summed E-state index contributed by atoms with van der Waals surface area (Å²) < 4.78 is 51.0. The van der Waals surface area contributed by atoms with Crippen LogP contribution in [0.15, 0.2) is 65.7 Å². The van der Waals surface area contributed by atoms with Crippen LogP contribution in [0.3, 0.4) is 0 Å². The Hall–Kier alpha value is -2.80. The Morgan fingerprint density at radius 1 is 0.963 bits per heavy atom. The Kier molecular flexibility index (Phi) is 5.23. The van der Waals surface area contributed by atoms with Crippen LogP contribution >= 0.6 is 0 Å². The zero-order chi connectivity index (χ0) is 19.6. The SMILES string of the molecule is Cc1cc(NC(c2cccc(S(C)(=O)=O)c2)c2ccc(F)c(F)c2)ccn1. The Morgan fingerprint density at radius 2 is 1.70 bits per heavy atom. The first-order valence-electron chi connectivity index (χ1n) is 8.18. The van der Waals surface area contributed by atoms with E-state index in [1.807, 2.05) is 13.0 Å². The van der Waals surface area contributed by atoms with E-state index in [0.717, 1.165) is 29.8 Å². The maximum Gasteiger partial charge on any atom is 0.175 e. The van der Waals surface area contributed by atoms with Crippen LogP contribution in [0.25, 0.3) is 0 Å². The van der Waals surface area contributed by atoms with Gasteiger partial charge in [-0.2, -0.15) is 0 Å². The van der Waals surface area contributed by atoms with Gasteiger partial charge >= 0.3 is 0 Å². The maximum absolute atomic E-state index is 13.8. The molecule has 0 radical (unpaired) electrons. The number of halogens is 2. The minimum atomic E-state index is -3.41. The molecular formula is C20H18F2N2O2S. The predicted octanol–water partition coefficient (Wildman–Crippen LogP) is 4.27. The number of rotatable bonds is 5. The fourth-order valence-corrected chi connectivity index (χ4v) is 3.45. The standard InChI is InChI=1S/C20H18F2N2O2S/c1-13-10-16(8-9-23-13)24-20(15-6-7-18(21)19(22)12-15)14-4-3-5-17(11-14)27(2,25)26/h3-12,20H,1-2H3,(H,23,24). The minimum absolute atomic E-state index is 0.153. The summed E-state index contributed by atoms with van der Waals surface area (Å²) in [7, 11) is -3.41. The summed E-state index contributed by atoms with van der Waals surface area (Å²) in [4.78, 5) is 4.29. The molecule has 0 saturated heterocycles. The zero-order valence-corrected chi connectivity index (χ0v) is 15.6. The molecule has 140 valence electrons. The monoisotopic (exact) mass is 388 g/mol. The second-order valence-electron chi connectivity index (χ2n) is 6.28. The van der Waals surface area contributed by atoms with Crippen molar-refractivity contribution in [1.82, 2.24) is 4.98 Å². The number of hydrogen-bond acceptors (Lipinski definition) is 4. The van der Waals surface area contributed by atoms with Gasteiger partial charge in [0.05, 0.1) is 10.9 Å². The van der Waals surface area contributed by atoms with E-state index in [2.05, 4.69) is 10.3 Å². The highest BCUT2D eigenvalue weighted by Crippen LogP contribution is 2.29. The van der Waals surface area contributed by atoms with E-state index >= 15 is 0 Å². The zero-order valence-electron chi connectivity index (χ0n) is 14.8. The molecule has 0 amide bonds. The summed E-state index contributed by atoms with van der Waals surface area (Å²) in [6.07, 6.45) is 2.76. The summed E-state index contributed by atoms with van der Waals surface area (Å²) in [6, 6.07) is 13.0. The van der Waals surface area contributed by atoms with Crippen molar-refractivity contribution in [3.05, 3.63) is 89.2 Å². The molecule has 4 nitrogen and oxygen atoms in total. The van der Waals surface area contributed by atoms with Gasteiger partial charge in [0.2, 0.25) is 0 Å². The fraction of sp³-hybridized carbons (Fsp3) is 0.150. The average Bonchev–Trinajstić information content (AvgIpc) is 2.62. The van der Waals surface area contributed by atoms with Crippen LogP contribution in [0.4, 0.5) is 14.5 Å². The lowest BCUT2D eigenvalue weighted by molar-refractivity contribution is 0.506. The van der Waals surface area contributed by atoms with Crippen LogP contribution in [-0.4, -0.2) is 19.7 Å². The van der Waals surface area contributed by atoms with Gasteiger partial charge in [-0.1, -0.05) is 18.2 Å². The van der Waals surface area contributed by atoms with E-state index in [0.29, 0.717) is 11.1 Å². The molecule has 0 aliphatic carbocycles. The molecule has 3 aromatic rings. The number of pyridine rings is 1. The molecular weight excluding hydrogens is 370 g/mol. The van der Waals surface area contributed by atoms with Crippen LogP contribution in [-0.2, 0) is 9.84 Å². The minimum Gasteiger partial charge on any atom is -0.374 e. The van der Waals surface area contributed by atoms with Gasteiger partial charge in [-0.3, -0.25) is 4.98 Å². The van der Waals surface area contributed by atoms with Gasteiger partial charge in [0.25, 0.3) is 0 Å². The molecule has 7 heteroatoms. The molecule has 0 spiro atoms. The van der Waals surface area contributed by atoms with Gasteiger partial charge in [-0.25, -0.2) is 17.2 Å². The molecule has 1 atom stereocenters. The average molecular weight is 388 g/mol. The van der Waals surface area contributed by atoms with Gasteiger partial charge in [-0.05, 0) is 54.4 Å². The number of anilines is 1. The van der Waals surface area contributed by atoms with E-state index < -0.39 is 27.5 Å². The highest BCUT2D eigenvalue weighted by molar-refractivity contribution is 7.90. The summed E-state index contributed by atoms with van der Waals surface area (Å²) >= 11 is 0. The van der Waals surface area contributed by atoms with Crippen LogP contribution in [0.2, 0.25) is 0 Å². The smallest absolute Gasteiger partial charge is 0.175 e. The highest BCUT2D eigenvalue weighted by Gasteiger charge is 2.18. The highest BCUT2D eigenvalue weighted by atomic mass is 32.2. The molecule has 1 heterocycles. The maximum atomic E-state index is 13.8. The Balaban J connectivity index is 2.11. The summed E-state index contributed by atoms with van der Waals surface area (Å²) in [6.45, 7) is 1.84. The molecule has 0 saturated carbocycles. The molecule has 0 bridgehead atoms.